The van der Waals surface area contributed by atoms with Crippen molar-refractivity contribution in [2.24, 2.45) is 0 Å². The van der Waals surface area contributed by atoms with Crippen LogP contribution in [0.4, 0.5) is 0 Å². The van der Waals surface area contributed by atoms with E-state index in [0.29, 0.717) is 6.67 Å². The molecule has 1 aromatic carbocycles. The summed E-state index contributed by atoms with van der Waals surface area (Å²) in [6.45, 7) is 8.20. The van der Waals surface area contributed by atoms with Crippen LogP contribution in [-0.2, 0) is 22.7 Å². The summed E-state index contributed by atoms with van der Waals surface area (Å²) in [5, 5.41) is 4.92. The Morgan fingerprint density at radius 2 is 1.90 bits per heavy atom. The molecule has 1 aromatic heterocycles. The van der Waals surface area contributed by atoms with Gasteiger partial charge in [-0.1, -0.05) is 0 Å². The summed E-state index contributed by atoms with van der Waals surface area (Å²) in [5.41, 5.74) is 1.03. The third kappa shape index (κ3) is 4.71. The molecule has 0 unspecified atom stereocenters. The van der Waals surface area contributed by atoms with Gasteiger partial charge in [0.05, 0.1) is 38.6 Å². The first kappa shape index (κ1) is 20.5. The maximum absolute atomic E-state index is 5.88. The average Bonchev–Trinajstić information content (AvgIpc) is 3.31. The predicted octanol–water partition coefficient (Wildman–Crippen LogP) is 3.34. The van der Waals surface area contributed by atoms with Gasteiger partial charge in [0.15, 0.2) is 10.6 Å². The standard InChI is InChI=1S/C21H30N4O3S/c1-15-11-23(12-16(2)28-15)14-25-21(29)24(13-19-5-4-10-27-19)20(22-25)17-6-8-18(26-3)9-7-17/h6-9,15-16,19H,4-5,10-14H2,1-3H3/t15-,16+,19-/m0/s1. The topological polar surface area (TPSA) is 53.7 Å². The summed E-state index contributed by atoms with van der Waals surface area (Å²) in [7, 11) is 1.67. The van der Waals surface area contributed by atoms with Crippen molar-refractivity contribution >= 4 is 12.2 Å². The van der Waals surface area contributed by atoms with Gasteiger partial charge < -0.3 is 14.2 Å². The number of hydrogen-bond donors (Lipinski definition) is 0. The van der Waals surface area contributed by atoms with Gasteiger partial charge in [-0.25, -0.2) is 4.68 Å². The fourth-order valence-corrected chi connectivity index (χ4v) is 4.49. The molecule has 3 heterocycles. The Bertz CT molecular complexity index is 863. The Morgan fingerprint density at radius 3 is 2.52 bits per heavy atom. The highest BCUT2D eigenvalue weighted by atomic mass is 32.1. The van der Waals surface area contributed by atoms with E-state index in [2.05, 4.69) is 23.3 Å². The molecule has 8 heteroatoms. The third-order valence-corrected chi connectivity index (χ3v) is 5.94. The molecule has 3 atom stereocenters. The van der Waals surface area contributed by atoms with Crippen molar-refractivity contribution in [3.05, 3.63) is 29.0 Å². The van der Waals surface area contributed by atoms with Gasteiger partial charge in [-0.2, -0.15) is 5.10 Å². The van der Waals surface area contributed by atoms with Crippen LogP contribution in [0.15, 0.2) is 24.3 Å². The molecule has 4 rings (SSSR count). The van der Waals surface area contributed by atoms with Gasteiger partial charge in [-0.15, -0.1) is 0 Å². The lowest BCUT2D eigenvalue weighted by Crippen LogP contribution is -2.46. The maximum atomic E-state index is 5.88. The van der Waals surface area contributed by atoms with E-state index in [0.717, 1.165) is 61.0 Å². The monoisotopic (exact) mass is 418 g/mol. The van der Waals surface area contributed by atoms with Gasteiger partial charge in [-0.3, -0.25) is 9.47 Å². The van der Waals surface area contributed by atoms with Gasteiger partial charge in [-0.05, 0) is 63.2 Å². The van der Waals surface area contributed by atoms with Crippen molar-refractivity contribution in [3.63, 3.8) is 0 Å². The zero-order valence-corrected chi connectivity index (χ0v) is 18.2. The molecule has 0 N–H and O–H groups in total. The highest BCUT2D eigenvalue weighted by Gasteiger charge is 2.25. The number of benzene rings is 1. The molecule has 2 saturated heterocycles. The van der Waals surface area contributed by atoms with Crippen molar-refractivity contribution in [2.45, 2.75) is 58.2 Å². The Labute approximate surface area is 177 Å². The van der Waals surface area contributed by atoms with Crippen LogP contribution in [0.25, 0.3) is 11.4 Å². The van der Waals surface area contributed by atoms with Gasteiger partial charge in [0.2, 0.25) is 0 Å². The van der Waals surface area contributed by atoms with Crippen LogP contribution in [0.3, 0.4) is 0 Å². The van der Waals surface area contributed by atoms with Crippen molar-refractivity contribution in [3.8, 4) is 17.1 Å². The van der Waals surface area contributed by atoms with Gasteiger partial charge in [0.25, 0.3) is 0 Å². The number of morpholine rings is 1. The van der Waals surface area contributed by atoms with E-state index >= 15 is 0 Å². The summed E-state index contributed by atoms with van der Waals surface area (Å²) >= 11 is 5.85. The van der Waals surface area contributed by atoms with Crippen LogP contribution in [0.5, 0.6) is 5.75 Å². The van der Waals surface area contributed by atoms with Crippen molar-refractivity contribution < 1.29 is 14.2 Å². The molecule has 2 aliphatic heterocycles. The highest BCUT2D eigenvalue weighted by molar-refractivity contribution is 7.71. The molecule has 0 amide bonds. The molecule has 2 aliphatic rings. The Morgan fingerprint density at radius 1 is 1.17 bits per heavy atom. The van der Waals surface area contributed by atoms with E-state index in [1.807, 2.05) is 28.9 Å². The molecule has 0 radical (unpaired) electrons. The molecule has 0 bridgehead atoms. The zero-order valence-electron chi connectivity index (χ0n) is 17.4. The van der Waals surface area contributed by atoms with Crippen molar-refractivity contribution in [1.29, 1.82) is 0 Å². The zero-order chi connectivity index (χ0) is 20.4. The summed E-state index contributed by atoms with van der Waals surface area (Å²) < 4.78 is 21.8. The first-order chi connectivity index (χ1) is 14.0. The smallest absolute Gasteiger partial charge is 0.199 e. The first-order valence-electron chi connectivity index (χ1n) is 10.3. The number of methoxy groups -OCH3 is 1. The van der Waals surface area contributed by atoms with E-state index < -0.39 is 0 Å². The fourth-order valence-electron chi connectivity index (χ4n) is 4.23. The van der Waals surface area contributed by atoms with Crippen LogP contribution in [0.2, 0.25) is 0 Å². The first-order valence-corrected chi connectivity index (χ1v) is 10.8. The number of ether oxygens (including phenoxy) is 3. The second kappa shape index (κ2) is 8.95. The van der Waals surface area contributed by atoms with Gasteiger partial charge >= 0.3 is 0 Å². The molecule has 2 aromatic rings. The summed E-state index contributed by atoms with van der Waals surface area (Å²) in [6.07, 6.45) is 2.78. The lowest BCUT2D eigenvalue weighted by Gasteiger charge is -2.34. The van der Waals surface area contributed by atoms with E-state index in [1.54, 1.807) is 7.11 Å². The summed E-state index contributed by atoms with van der Waals surface area (Å²) in [5.74, 6) is 1.70. The third-order valence-electron chi connectivity index (χ3n) is 5.51. The van der Waals surface area contributed by atoms with Crippen molar-refractivity contribution in [2.75, 3.05) is 26.8 Å². The fraction of sp³-hybridized carbons (Fsp3) is 0.619. The van der Waals surface area contributed by atoms with E-state index in [-0.39, 0.29) is 18.3 Å². The molecule has 0 spiro atoms. The molecular formula is C21H30N4O3S. The van der Waals surface area contributed by atoms with Gasteiger partial charge in [0, 0.05) is 25.3 Å². The highest BCUT2D eigenvalue weighted by Crippen LogP contribution is 2.24. The van der Waals surface area contributed by atoms with Crippen LogP contribution >= 0.6 is 12.2 Å². The molecule has 158 valence electrons. The molecule has 0 aliphatic carbocycles. The van der Waals surface area contributed by atoms with Gasteiger partial charge in [0.1, 0.15) is 5.75 Å². The normalized spacial score (nSPS) is 25.4. The summed E-state index contributed by atoms with van der Waals surface area (Å²) in [6, 6.07) is 7.98. The Kier molecular flexibility index (Phi) is 6.34. The number of nitrogens with zero attached hydrogens (tertiary/aromatic N) is 4. The SMILES string of the molecule is COc1ccc(-c2nn(CN3C[C@@H](C)O[C@@H](C)C3)c(=S)n2C[C@@H]2CCCO2)cc1. The number of hydrogen-bond acceptors (Lipinski definition) is 6. The van der Waals surface area contributed by atoms with Crippen LogP contribution in [0, 0.1) is 4.77 Å². The molecule has 29 heavy (non-hydrogen) atoms. The van der Waals surface area contributed by atoms with Crippen molar-refractivity contribution in [1.82, 2.24) is 19.2 Å². The molecule has 7 nitrogen and oxygen atoms in total. The maximum Gasteiger partial charge on any atom is 0.199 e. The lowest BCUT2D eigenvalue weighted by atomic mass is 10.2. The second-order valence-electron chi connectivity index (χ2n) is 8.01. The number of rotatable bonds is 6. The van der Waals surface area contributed by atoms with Crippen LogP contribution < -0.4 is 4.74 Å². The van der Waals surface area contributed by atoms with Crippen LogP contribution in [0.1, 0.15) is 26.7 Å². The minimum atomic E-state index is 0.194. The van der Waals surface area contributed by atoms with E-state index in [9.17, 15) is 0 Å². The molecule has 2 fully saturated rings. The van der Waals surface area contributed by atoms with E-state index in [1.165, 1.54) is 0 Å². The summed E-state index contributed by atoms with van der Waals surface area (Å²) in [4.78, 5) is 2.36. The number of aromatic nitrogens is 3. The largest absolute Gasteiger partial charge is 0.497 e. The van der Waals surface area contributed by atoms with E-state index in [4.69, 9.17) is 31.5 Å². The average molecular weight is 419 g/mol. The minimum absolute atomic E-state index is 0.194. The minimum Gasteiger partial charge on any atom is -0.497 e. The molecular weight excluding hydrogens is 388 g/mol. The Balaban J connectivity index is 1.64. The Hall–Kier alpha value is -1.74. The lowest BCUT2D eigenvalue weighted by molar-refractivity contribution is -0.0777. The quantitative estimate of drug-likeness (QED) is 0.671. The predicted molar refractivity (Wildman–Crippen MR) is 114 cm³/mol. The second-order valence-corrected chi connectivity index (χ2v) is 8.38. The van der Waals surface area contributed by atoms with Crippen LogP contribution in [-0.4, -0.2) is 64.4 Å². The molecule has 0 saturated carbocycles.